The minimum atomic E-state index is 0. The average Bonchev–Trinajstić information content (AvgIpc) is 0.784. The van der Waals surface area contributed by atoms with Gasteiger partial charge in [0.15, 0.2) is 34.5 Å². The first-order valence-electron chi connectivity index (χ1n) is 41.7. The first kappa shape index (κ1) is 117. The van der Waals surface area contributed by atoms with Gasteiger partial charge in [0.25, 0.3) is 0 Å². The number of rotatable bonds is 31. The van der Waals surface area contributed by atoms with E-state index >= 15 is 0 Å². The Hall–Kier alpha value is -18.0. The van der Waals surface area contributed by atoms with Crippen molar-refractivity contribution in [3.05, 3.63) is 345 Å². The van der Waals surface area contributed by atoms with Gasteiger partial charge in [0.05, 0.1) is 172 Å². The normalized spacial score (nSPS) is 10.3. The molecule has 0 fully saturated rings. The van der Waals surface area contributed by atoms with E-state index in [9.17, 15) is 10.5 Å². The van der Waals surface area contributed by atoms with E-state index in [4.69, 9.17) is 117 Å². The zero-order chi connectivity index (χ0) is 99.9. The molecule has 141 heavy (non-hydrogen) atoms. The predicted octanol–water partition coefficient (Wildman–Crippen LogP) is 24.8. The molecule has 0 aliphatic carbocycles. The fraction of sp³-hybridized carbons (Fsp3) is 0.217. The number of aryl methyl sites for hydroxylation is 2. The molecule has 26 heteroatoms. The first-order valence-corrected chi connectivity index (χ1v) is 41.7. The highest BCUT2D eigenvalue weighted by atomic mass is 16.5. The maximum Gasteiger partial charge on any atom is 0.203 e. The summed E-state index contributed by atoms with van der Waals surface area (Å²) in [5.41, 5.74) is 23.3. The Kier molecular flexibility index (Phi) is 50.8. The van der Waals surface area contributed by atoms with Gasteiger partial charge in [0.2, 0.25) is 5.75 Å². The molecule has 12 aromatic rings. The molecule has 0 spiro atoms. The molecular weight excluding hydrogens is 1780 g/mol. The summed E-state index contributed by atoms with van der Waals surface area (Å²) in [5, 5.41) is 54.9. The van der Waals surface area contributed by atoms with E-state index in [1.165, 1.54) is 57.8 Å². The molecule has 12 aromatic carbocycles. The highest BCUT2D eigenvalue weighted by molar-refractivity contribution is 5.91. The molecule has 0 aromatic heterocycles. The molecule has 2 N–H and O–H groups in total. The number of nitrogens with zero attached hydrogens (tertiary/aromatic N) is 6. The Balaban J connectivity index is 0.000000433. The third kappa shape index (κ3) is 32.1. The summed E-state index contributed by atoms with van der Waals surface area (Å²) in [4.78, 5) is 0. The second-order valence-corrected chi connectivity index (χ2v) is 28.5. The number of nitriles is 6. The number of nitrogen functional groups attached to an aromatic ring is 1. The lowest BCUT2D eigenvalue weighted by Crippen LogP contribution is -2.00. The minimum Gasteiger partial charge on any atom is -0.497 e. The highest BCUT2D eigenvalue weighted by Crippen LogP contribution is 2.45. The van der Waals surface area contributed by atoms with Gasteiger partial charge in [-0.15, -0.1) is 0 Å². The van der Waals surface area contributed by atoms with Gasteiger partial charge >= 0.3 is 0 Å². The summed E-state index contributed by atoms with van der Waals surface area (Å²) >= 11 is 0. The van der Waals surface area contributed by atoms with Crippen LogP contribution in [-0.2, 0) is 0 Å². The van der Waals surface area contributed by atoms with E-state index in [-0.39, 0.29) is 29.7 Å². The van der Waals surface area contributed by atoms with Gasteiger partial charge < -0.3 is 95.7 Å². The average molecular weight is 1910 g/mol. The van der Waals surface area contributed by atoms with Crippen LogP contribution < -0.4 is 95.7 Å². The van der Waals surface area contributed by atoms with Crippen LogP contribution in [0, 0.1) is 81.8 Å². The summed E-state index contributed by atoms with van der Waals surface area (Å²) < 4.78 is 101. The summed E-state index contributed by atoms with van der Waals surface area (Å²) in [6.45, 7) is 3.94. The summed E-state index contributed by atoms with van der Waals surface area (Å²) in [7, 11) is 30.2. The zero-order valence-electron chi connectivity index (χ0n) is 80.4. The molecule has 0 heterocycles. The summed E-state index contributed by atoms with van der Waals surface area (Å²) in [6.07, 6.45) is 8.97. The number of para-hydroxylation sites is 1. The van der Waals surface area contributed by atoms with E-state index in [0.717, 1.165) is 118 Å². The molecule has 0 atom stereocenters. The lowest BCUT2D eigenvalue weighted by Gasteiger charge is -2.17. The largest absolute Gasteiger partial charge is 0.497 e. The van der Waals surface area contributed by atoms with Crippen molar-refractivity contribution in [1.29, 1.82) is 31.6 Å². The summed E-state index contributed by atoms with van der Waals surface area (Å²) in [6, 6.07) is 83.5. The number of hydrogen-bond acceptors (Lipinski definition) is 26. The number of anilines is 1. The second kappa shape index (κ2) is 61.1. The van der Waals surface area contributed by atoms with Crippen LogP contribution in [0.15, 0.2) is 267 Å². The molecular formula is C115H125N7O19. The van der Waals surface area contributed by atoms with E-state index in [2.05, 4.69) is 36.4 Å². The standard InChI is InChI=1S/C19H20N2O4.C19H19NO4.2C19H19NO3.C18H17NO3.C17H15NO2.4CH4/c1-22-13-5-6-16(21)15(11-13)14(7-8-20)12-9-17(23-2)19(25-4)18(10-12)24-3;1-21-16-9-8-13(12-18(16)23-3)14(10-11-20)15-6-5-7-17(22-2)19(15)24-4;2*1-13-9-14(5-6-19(13)23-4)18(7-8-20)15-10-16(21-2)12-17(11-15)22-3;1-20-15-6-4-5-13(9-15)18(7-8-19)14-10-16(21-2)12-17(11-14)22-3;1-19-15-7-3-5-13(11-15)17(9-10-18)14-6-4-8-16(12-14)20-2;;;;/h5-7,9-11H,21H2,1-4H3;5-10,12H,1-4H3;2*5-7,9-12H,1-4H3;4-7,9-12H,1-3H3;3-9,11-12H,1-2H3;4*1H4/b14-7+;;;;;;;;;. The van der Waals surface area contributed by atoms with Crippen LogP contribution in [-0.4, -0.2) is 135 Å². The fourth-order valence-corrected chi connectivity index (χ4v) is 13.9. The van der Waals surface area contributed by atoms with Crippen LogP contribution in [0.25, 0.3) is 33.4 Å². The molecule has 0 saturated carbocycles. The molecule has 0 aliphatic rings. The SMILES string of the molecule is C.C.C.C.COc1cc(OC)cc(C(=CC#N)c2ccc(OC)c(C)c2)c1.COc1cc(OC)cc(C(=CC#N)c2ccc(OC)c(C)c2)c1.COc1ccc(C(=CC#N)c2cccc(OC)c2OC)cc1OC.COc1ccc(N)c(/C(=C/C#N)c2cc(OC)c(OC)c(OC)c2)c1.COc1cccc(C(=CC#N)c2cc(OC)cc(OC)c2)c1.COc1cccc(C(=CC#N)c2cccc(OC)c2)c1. The van der Waals surface area contributed by atoms with Crippen molar-refractivity contribution in [2.75, 3.05) is 141 Å². The quantitative estimate of drug-likeness (QED) is 0.0311. The van der Waals surface area contributed by atoms with Crippen molar-refractivity contribution in [1.82, 2.24) is 0 Å². The molecule has 26 nitrogen and oxygen atoms in total. The molecule has 0 amide bonds. The van der Waals surface area contributed by atoms with E-state index in [1.54, 1.807) is 174 Å². The monoisotopic (exact) mass is 1910 g/mol. The van der Waals surface area contributed by atoms with Crippen molar-refractivity contribution in [2.45, 2.75) is 43.6 Å². The smallest absolute Gasteiger partial charge is 0.203 e. The van der Waals surface area contributed by atoms with Gasteiger partial charge in [-0.2, -0.15) is 31.6 Å². The van der Waals surface area contributed by atoms with E-state index in [1.807, 2.05) is 184 Å². The Morgan fingerprint density at radius 3 is 0.752 bits per heavy atom. The minimum absolute atomic E-state index is 0. The van der Waals surface area contributed by atoms with Gasteiger partial charge in [-0.3, -0.25) is 0 Å². The predicted molar refractivity (Wildman–Crippen MR) is 559 cm³/mol. The second-order valence-electron chi connectivity index (χ2n) is 28.5. The Morgan fingerprint density at radius 1 is 0.199 bits per heavy atom. The number of methoxy groups -OCH3 is 19. The van der Waals surface area contributed by atoms with Crippen molar-refractivity contribution in [3.8, 4) is 146 Å². The Labute approximate surface area is 831 Å². The Bertz CT molecular complexity index is 6330. The van der Waals surface area contributed by atoms with Gasteiger partial charge in [0, 0.05) is 82.6 Å². The van der Waals surface area contributed by atoms with Crippen LogP contribution in [0.4, 0.5) is 5.69 Å². The van der Waals surface area contributed by atoms with Gasteiger partial charge in [-0.1, -0.05) is 96.4 Å². The van der Waals surface area contributed by atoms with Crippen molar-refractivity contribution < 1.29 is 90.0 Å². The van der Waals surface area contributed by atoms with Crippen LogP contribution >= 0.6 is 0 Å². The number of nitrogens with two attached hydrogens (primary N) is 1. The van der Waals surface area contributed by atoms with Crippen molar-refractivity contribution in [3.63, 3.8) is 0 Å². The van der Waals surface area contributed by atoms with Crippen LogP contribution in [0.3, 0.4) is 0 Å². The first-order chi connectivity index (χ1) is 66.5. The molecule has 0 aliphatic heterocycles. The Morgan fingerprint density at radius 2 is 0.454 bits per heavy atom. The van der Waals surface area contributed by atoms with Crippen molar-refractivity contribution >= 4 is 39.1 Å². The number of hydrogen-bond donors (Lipinski definition) is 1. The lowest BCUT2D eigenvalue weighted by atomic mass is 9.95. The van der Waals surface area contributed by atoms with Crippen LogP contribution in [0.2, 0.25) is 0 Å². The third-order valence-electron chi connectivity index (χ3n) is 20.7. The maximum atomic E-state index is 9.24. The van der Waals surface area contributed by atoms with Gasteiger partial charge in [0.1, 0.15) is 69.0 Å². The van der Waals surface area contributed by atoms with Gasteiger partial charge in [-0.05, 0) is 248 Å². The van der Waals surface area contributed by atoms with E-state index in [0.29, 0.717) is 108 Å². The van der Waals surface area contributed by atoms with E-state index < -0.39 is 0 Å². The lowest BCUT2D eigenvalue weighted by molar-refractivity contribution is 0.324. The molecule has 0 radical (unpaired) electrons. The number of allylic oxidation sites excluding steroid dienone is 6. The van der Waals surface area contributed by atoms with Crippen molar-refractivity contribution in [2.24, 2.45) is 0 Å². The molecule has 734 valence electrons. The van der Waals surface area contributed by atoms with Crippen LogP contribution in [0.5, 0.6) is 109 Å². The maximum absolute atomic E-state index is 9.24. The van der Waals surface area contributed by atoms with Gasteiger partial charge in [-0.25, -0.2) is 0 Å². The molecule has 0 bridgehead atoms. The molecule has 0 unspecified atom stereocenters. The number of ether oxygens (including phenoxy) is 19. The fourth-order valence-electron chi connectivity index (χ4n) is 13.9. The van der Waals surface area contributed by atoms with Crippen LogP contribution in [0.1, 0.15) is 108 Å². The molecule has 12 rings (SSSR count). The topological polar surface area (TPSA) is 344 Å². The third-order valence-corrected chi connectivity index (χ3v) is 20.7. The summed E-state index contributed by atoms with van der Waals surface area (Å²) in [5.74, 6) is 12.4. The number of benzene rings is 12. The molecule has 0 saturated heterocycles. The highest BCUT2D eigenvalue weighted by Gasteiger charge is 2.22. The zero-order valence-corrected chi connectivity index (χ0v) is 80.4.